The molecule has 1 heterocycles. The first-order valence-corrected chi connectivity index (χ1v) is 20.1. The monoisotopic (exact) mass is 674 g/mol. The van der Waals surface area contributed by atoms with Crippen LogP contribution in [0, 0.1) is 80.3 Å². The van der Waals surface area contributed by atoms with Crippen molar-refractivity contribution >= 4 is 11.9 Å². The molecule has 0 bridgehead atoms. The van der Waals surface area contributed by atoms with E-state index in [1.165, 1.54) is 44.9 Å². The first kappa shape index (κ1) is 34.2. The topological polar surface area (TPSA) is 108 Å². The van der Waals surface area contributed by atoms with E-state index in [0.717, 1.165) is 38.5 Å². The van der Waals surface area contributed by atoms with Crippen molar-refractivity contribution in [3.8, 4) is 0 Å². The molecule has 1 N–H and O–H groups in total. The second kappa shape index (κ2) is 10.6. The number of nitrogens with one attached hydrogen (secondary N) is 1. The summed E-state index contributed by atoms with van der Waals surface area (Å²) in [5.41, 5.74) is 0.651. The standard InChI is InChI=1S/C42H65N3O4/c1-24-44-45-34(49-24)28-23-31(37(28,4)5)43-35(48)42-17-13-26(38(6)18-19-38)33(42)27-10-11-30-39(7)15-12-25(22-32(46)47)36(2,3)29(39)14-16-41(30,9)40(27,8)20-21-42/h25-31,33H,10-23H2,1-9H3,(H,43,48)(H,46,47)/p-1/t25-,26+,27+,28+,29+,30+,31+,33+,39+,40+,41+,42-/m0/s1. The number of carboxylic acid groups (broad SMARTS) is 1. The lowest BCUT2D eigenvalue weighted by Gasteiger charge is -2.73. The van der Waals surface area contributed by atoms with Gasteiger partial charge < -0.3 is 19.6 Å². The van der Waals surface area contributed by atoms with Crippen molar-refractivity contribution in [1.29, 1.82) is 0 Å². The summed E-state index contributed by atoms with van der Waals surface area (Å²) in [5, 5.41) is 23.9. The Bertz CT molecular complexity index is 1530. The Morgan fingerprint density at radius 3 is 2.14 bits per heavy atom. The van der Waals surface area contributed by atoms with Crippen molar-refractivity contribution in [2.24, 2.45) is 73.4 Å². The molecular weight excluding hydrogens is 610 g/mol. The van der Waals surface area contributed by atoms with Crippen LogP contribution in [0.25, 0.3) is 0 Å². The summed E-state index contributed by atoms with van der Waals surface area (Å²) in [6.07, 6.45) is 15.2. The van der Waals surface area contributed by atoms with Gasteiger partial charge in [-0.25, -0.2) is 0 Å². The molecule has 1 amide bonds. The molecular formula is C42H64N3O4-. The average molecular weight is 675 g/mol. The fraction of sp³-hybridized carbons (Fsp3) is 0.905. The van der Waals surface area contributed by atoms with E-state index in [1.807, 2.05) is 6.92 Å². The van der Waals surface area contributed by atoms with Crippen LogP contribution in [0.3, 0.4) is 0 Å². The van der Waals surface area contributed by atoms with E-state index in [9.17, 15) is 14.7 Å². The largest absolute Gasteiger partial charge is 0.550 e. The fourth-order valence-electron chi connectivity index (χ4n) is 15.3. The van der Waals surface area contributed by atoms with Gasteiger partial charge in [-0.2, -0.15) is 0 Å². The van der Waals surface area contributed by atoms with E-state index in [0.29, 0.717) is 52.7 Å². The van der Waals surface area contributed by atoms with Crippen LogP contribution in [-0.4, -0.2) is 28.1 Å². The summed E-state index contributed by atoms with van der Waals surface area (Å²) >= 11 is 0. The van der Waals surface area contributed by atoms with Gasteiger partial charge in [-0.05, 0) is 158 Å². The molecule has 0 radical (unpaired) electrons. The number of hydrogen-bond donors (Lipinski definition) is 1. The summed E-state index contributed by atoms with van der Waals surface area (Å²) in [7, 11) is 0. The summed E-state index contributed by atoms with van der Waals surface area (Å²) < 4.78 is 5.85. The molecule has 7 aliphatic carbocycles. The molecule has 0 saturated heterocycles. The molecule has 7 fully saturated rings. The molecule has 0 spiro atoms. The second-order valence-corrected chi connectivity index (χ2v) is 21.1. The number of hydrogen-bond acceptors (Lipinski definition) is 6. The number of rotatable bonds is 6. The normalized spacial score (nSPS) is 48.6. The van der Waals surface area contributed by atoms with Crippen LogP contribution >= 0.6 is 0 Å². The van der Waals surface area contributed by atoms with Crippen LogP contribution in [0.5, 0.6) is 0 Å². The number of nitrogens with zero attached hydrogens (tertiary/aromatic N) is 2. The molecule has 1 aromatic rings. The second-order valence-electron chi connectivity index (χ2n) is 21.1. The van der Waals surface area contributed by atoms with Gasteiger partial charge in [-0.15, -0.1) is 10.2 Å². The zero-order valence-corrected chi connectivity index (χ0v) is 32.0. The number of fused-ring (bicyclic) bond motifs is 7. The van der Waals surface area contributed by atoms with Crippen molar-refractivity contribution in [1.82, 2.24) is 15.5 Å². The highest BCUT2D eigenvalue weighted by molar-refractivity contribution is 5.84. The molecule has 8 rings (SSSR count). The van der Waals surface area contributed by atoms with Crippen LogP contribution in [0.1, 0.15) is 163 Å². The molecule has 0 aromatic carbocycles. The van der Waals surface area contributed by atoms with Gasteiger partial charge in [0, 0.05) is 24.9 Å². The highest BCUT2D eigenvalue weighted by atomic mass is 16.4. The quantitative estimate of drug-likeness (QED) is 0.328. The Labute approximate surface area is 295 Å². The van der Waals surface area contributed by atoms with Gasteiger partial charge in [-0.1, -0.05) is 55.4 Å². The van der Waals surface area contributed by atoms with E-state index in [-0.39, 0.29) is 56.8 Å². The third kappa shape index (κ3) is 4.50. The molecule has 7 aliphatic rings. The van der Waals surface area contributed by atoms with Crippen molar-refractivity contribution in [2.75, 3.05) is 0 Å². The summed E-state index contributed by atoms with van der Waals surface area (Å²) in [4.78, 5) is 26.8. The average Bonchev–Trinajstić information content (AvgIpc) is 3.42. The van der Waals surface area contributed by atoms with Gasteiger partial charge in [0.2, 0.25) is 17.7 Å². The number of carboxylic acids is 1. The summed E-state index contributed by atoms with van der Waals surface area (Å²) in [6, 6.07) is 0.120. The smallest absolute Gasteiger partial charge is 0.226 e. The maximum atomic E-state index is 15.0. The van der Waals surface area contributed by atoms with Crippen molar-refractivity contribution < 1.29 is 19.1 Å². The number of amides is 1. The van der Waals surface area contributed by atoms with E-state index >= 15 is 0 Å². The van der Waals surface area contributed by atoms with Crippen LogP contribution < -0.4 is 10.4 Å². The van der Waals surface area contributed by atoms with Gasteiger partial charge in [0.05, 0.1) is 5.41 Å². The number of carbonyl (C=O) groups is 2. The zero-order valence-electron chi connectivity index (χ0n) is 32.0. The Morgan fingerprint density at radius 2 is 1.51 bits per heavy atom. The Morgan fingerprint density at radius 1 is 0.776 bits per heavy atom. The predicted octanol–water partition coefficient (Wildman–Crippen LogP) is 8.01. The number of aliphatic carboxylic acids is 1. The fourth-order valence-corrected chi connectivity index (χ4v) is 15.3. The lowest BCUT2D eigenvalue weighted by molar-refractivity contribution is -0.309. The molecule has 49 heavy (non-hydrogen) atoms. The number of aromatic nitrogens is 2. The number of aryl methyl sites for hydroxylation is 1. The molecule has 1 aromatic heterocycles. The maximum Gasteiger partial charge on any atom is 0.226 e. The van der Waals surface area contributed by atoms with Gasteiger partial charge in [0.1, 0.15) is 0 Å². The van der Waals surface area contributed by atoms with Crippen LogP contribution in [0.15, 0.2) is 4.42 Å². The molecule has 7 saturated carbocycles. The minimum atomic E-state index is -0.886. The Kier molecular flexibility index (Phi) is 7.38. The number of carbonyl (C=O) groups excluding carboxylic acids is 2. The van der Waals surface area contributed by atoms with Crippen LogP contribution in [-0.2, 0) is 9.59 Å². The van der Waals surface area contributed by atoms with Crippen LogP contribution in [0.2, 0.25) is 0 Å². The van der Waals surface area contributed by atoms with E-state index in [1.54, 1.807) is 0 Å². The third-order valence-corrected chi connectivity index (χ3v) is 18.9. The maximum absolute atomic E-state index is 15.0. The third-order valence-electron chi connectivity index (χ3n) is 18.9. The van der Waals surface area contributed by atoms with Crippen molar-refractivity contribution in [3.05, 3.63) is 11.8 Å². The minimum absolute atomic E-state index is 0.000272. The van der Waals surface area contributed by atoms with Gasteiger partial charge in [0.15, 0.2) is 0 Å². The molecule has 7 heteroatoms. The van der Waals surface area contributed by atoms with Gasteiger partial charge >= 0.3 is 0 Å². The van der Waals surface area contributed by atoms with E-state index in [4.69, 9.17) is 4.42 Å². The van der Waals surface area contributed by atoms with Gasteiger partial charge in [0.25, 0.3) is 0 Å². The zero-order chi connectivity index (χ0) is 35.2. The molecule has 12 atom stereocenters. The molecule has 272 valence electrons. The first-order valence-electron chi connectivity index (χ1n) is 20.1. The van der Waals surface area contributed by atoms with Crippen molar-refractivity contribution in [2.45, 2.75) is 164 Å². The molecule has 7 nitrogen and oxygen atoms in total. The highest BCUT2D eigenvalue weighted by Crippen LogP contribution is 2.79. The molecule has 0 aliphatic heterocycles. The SMILES string of the molecule is Cc1nnc([C@H]2C[C@@H](NC(=O)[C@]34CC[C@@H](C5(C)CC5)[C@@H]3[C@H]3CC[C@@H]5[C@]6(C)CC[C@@H](CC(=O)[O-])C(C)(C)[C@H]6CC[C@@]5(C)[C@]3(C)CC4)C2(C)C)o1. The highest BCUT2D eigenvalue weighted by Gasteiger charge is 2.73. The summed E-state index contributed by atoms with van der Waals surface area (Å²) in [6.45, 7) is 21.6. The molecule has 0 unspecified atom stereocenters. The lowest BCUT2D eigenvalue weighted by atomic mass is 9.31. The minimum Gasteiger partial charge on any atom is -0.550 e. The lowest BCUT2D eigenvalue weighted by Crippen LogP contribution is -2.68. The van der Waals surface area contributed by atoms with Crippen LogP contribution in [0.4, 0.5) is 0 Å². The van der Waals surface area contributed by atoms with Crippen molar-refractivity contribution in [3.63, 3.8) is 0 Å². The summed E-state index contributed by atoms with van der Waals surface area (Å²) in [5.74, 6) is 4.00. The van der Waals surface area contributed by atoms with E-state index < -0.39 is 5.97 Å². The Balaban J connectivity index is 1.09. The first-order chi connectivity index (χ1) is 22.8. The Hall–Kier alpha value is -1.92. The predicted molar refractivity (Wildman–Crippen MR) is 187 cm³/mol. The van der Waals surface area contributed by atoms with Gasteiger partial charge in [-0.3, -0.25) is 4.79 Å². The van der Waals surface area contributed by atoms with E-state index in [2.05, 4.69) is 70.9 Å².